The molecule has 1 unspecified atom stereocenters. The number of aliphatic carboxylic acids is 1. The fourth-order valence-electron chi connectivity index (χ4n) is 7.37. The van der Waals surface area contributed by atoms with Crippen molar-refractivity contribution in [3.8, 4) is 5.75 Å². The Kier molecular flexibility index (Phi) is 14.9. The van der Waals surface area contributed by atoms with E-state index in [1.807, 2.05) is 45.0 Å². The Morgan fingerprint density at radius 2 is 1.47 bits per heavy atom. The summed E-state index contributed by atoms with van der Waals surface area (Å²) >= 11 is 0. The third-order valence-corrected chi connectivity index (χ3v) is 11.0. The molecule has 1 aliphatic rings. The molecule has 0 spiro atoms. The topological polar surface area (TPSA) is 236 Å². The van der Waals surface area contributed by atoms with Crippen molar-refractivity contribution in [3.63, 3.8) is 0 Å². The van der Waals surface area contributed by atoms with Crippen LogP contribution in [0, 0.1) is 17.8 Å². The van der Waals surface area contributed by atoms with E-state index in [9.17, 15) is 39.0 Å². The lowest BCUT2D eigenvalue weighted by molar-refractivity contribution is -0.143. The van der Waals surface area contributed by atoms with Gasteiger partial charge in [0.1, 0.15) is 36.5 Å². The van der Waals surface area contributed by atoms with Gasteiger partial charge in [0.05, 0.1) is 12.5 Å². The Morgan fingerprint density at radius 1 is 0.831 bits per heavy atom. The number of para-hydroxylation sites is 1. The van der Waals surface area contributed by atoms with Crippen LogP contribution in [0.15, 0.2) is 78.9 Å². The first-order valence-corrected chi connectivity index (χ1v) is 20.0. The summed E-state index contributed by atoms with van der Waals surface area (Å²) in [6.07, 6.45) is 0.636. The number of nitrogens with zero attached hydrogens (tertiary/aromatic N) is 1. The first-order chi connectivity index (χ1) is 28.2. The van der Waals surface area contributed by atoms with E-state index in [0.29, 0.717) is 23.2 Å². The Morgan fingerprint density at radius 3 is 2.12 bits per heavy atom. The number of aromatic nitrogens is 1. The van der Waals surface area contributed by atoms with Gasteiger partial charge in [-0.25, -0.2) is 4.79 Å². The molecule has 0 fully saturated rings. The van der Waals surface area contributed by atoms with Crippen molar-refractivity contribution in [2.24, 2.45) is 23.5 Å². The van der Waals surface area contributed by atoms with Gasteiger partial charge in [0, 0.05) is 42.4 Å². The lowest BCUT2D eigenvalue weighted by Gasteiger charge is -2.30. The molecule has 2 heterocycles. The minimum atomic E-state index is -1.25. The third kappa shape index (κ3) is 11.3. The van der Waals surface area contributed by atoms with Crippen LogP contribution in [0.5, 0.6) is 5.75 Å². The number of aromatic amines is 1. The molecule has 15 heteroatoms. The van der Waals surface area contributed by atoms with Crippen LogP contribution in [0.1, 0.15) is 56.5 Å². The Hall–Kier alpha value is -6.22. The number of nitrogens with two attached hydrogens (primary N) is 1. The predicted octanol–water partition coefficient (Wildman–Crippen LogP) is 2.54. The highest BCUT2D eigenvalue weighted by Crippen LogP contribution is 2.28. The molecule has 4 aromatic rings. The van der Waals surface area contributed by atoms with E-state index in [-0.39, 0.29) is 44.0 Å². The quantitative estimate of drug-likeness (QED) is 0.0737. The first kappa shape index (κ1) is 43.9. The number of benzene rings is 3. The zero-order valence-corrected chi connectivity index (χ0v) is 33.9. The number of fused-ring (bicyclic) bond motifs is 3. The van der Waals surface area contributed by atoms with Crippen LogP contribution in [0.3, 0.4) is 0 Å². The van der Waals surface area contributed by atoms with Crippen molar-refractivity contribution < 1.29 is 39.0 Å². The molecule has 5 rings (SSSR count). The van der Waals surface area contributed by atoms with Crippen LogP contribution < -0.4 is 27.0 Å². The number of hydrogen-bond acceptors (Lipinski definition) is 8. The second-order valence-corrected chi connectivity index (χ2v) is 15.6. The average Bonchev–Trinajstić information content (AvgIpc) is 3.49. The highest BCUT2D eigenvalue weighted by atomic mass is 16.4. The molecule has 6 atom stereocenters. The van der Waals surface area contributed by atoms with E-state index in [1.165, 1.54) is 17.0 Å². The summed E-state index contributed by atoms with van der Waals surface area (Å²) < 4.78 is 0. The van der Waals surface area contributed by atoms with E-state index in [0.717, 1.165) is 16.5 Å². The van der Waals surface area contributed by atoms with Crippen LogP contribution in [-0.2, 0) is 54.6 Å². The number of rotatable bonds is 18. The SMILES string of the molecule is CCC(C)[C@H](NC(=O)[C@H](Cc1ccc(O)cc1)NC(=O)[C@@H](CN)C(C)C)C(=O)N[C@H]1Cc2c([nH]c3ccccc23)CN(CC(=O)N[C@@H](Cc2ccccc2)C(=O)O)C1=O. The van der Waals surface area contributed by atoms with Crippen LogP contribution >= 0.6 is 0 Å². The minimum Gasteiger partial charge on any atom is -0.508 e. The van der Waals surface area contributed by atoms with Crippen molar-refractivity contribution in [3.05, 3.63) is 101 Å². The van der Waals surface area contributed by atoms with Crippen LogP contribution in [-0.4, -0.2) is 92.9 Å². The first-order valence-electron chi connectivity index (χ1n) is 20.0. The Balaban J connectivity index is 1.39. The molecule has 0 radical (unpaired) electrons. The molecule has 0 saturated heterocycles. The van der Waals surface area contributed by atoms with Crippen molar-refractivity contribution >= 4 is 46.4 Å². The van der Waals surface area contributed by atoms with E-state index in [4.69, 9.17) is 5.73 Å². The molecule has 3 aromatic carbocycles. The van der Waals surface area contributed by atoms with Gasteiger partial charge in [0.2, 0.25) is 29.5 Å². The maximum atomic E-state index is 14.4. The maximum Gasteiger partial charge on any atom is 0.326 e. The van der Waals surface area contributed by atoms with Gasteiger partial charge in [0.25, 0.3) is 0 Å². The molecular formula is C44H55N7O8. The van der Waals surface area contributed by atoms with Gasteiger partial charge in [-0.1, -0.05) is 94.8 Å². The monoisotopic (exact) mass is 809 g/mol. The van der Waals surface area contributed by atoms with Crippen molar-refractivity contribution in [1.29, 1.82) is 0 Å². The standard InChI is InChI=1S/C44H55N7O8/c1-5-26(4)39(50-41(55)34(19-28-15-17-29(52)18-16-28)48-40(54)32(22-45)25(2)3)42(56)49-35-21-31-30-13-9-10-14-33(30)46-37(31)23-51(43(35)57)24-38(53)47-36(44(58)59)20-27-11-7-6-8-12-27/h6-18,25-26,32,34-36,39,46,52H,5,19-24,45H2,1-4H3,(H,47,53)(H,48,54)(H,49,56)(H,50,55)(H,58,59)/t26?,32-,34-,35-,36-,39-/m0/s1. The number of nitrogens with one attached hydrogen (secondary N) is 5. The van der Waals surface area contributed by atoms with Crippen LogP contribution in [0.25, 0.3) is 10.9 Å². The van der Waals surface area contributed by atoms with E-state index in [2.05, 4.69) is 26.3 Å². The number of carboxylic acid groups (broad SMARTS) is 1. The molecule has 0 bridgehead atoms. The van der Waals surface area contributed by atoms with Crippen molar-refractivity contribution in [1.82, 2.24) is 31.2 Å². The highest BCUT2D eigenvalue weighted by Gasteiger charge is 2.38. The molecule has 59 heavy (non-hydrogen) atoms. The van der Waals surface area contributed by atoms with Gasteiger partial charge in [-0.15, -0.1) is 0 Å². The van der Waals surface area contributed by atoms with Crippen LogP contribution in [0.2, 0.25) is 0 Å². The smallest absolute Gasteiger partial charge is 0.326 e. The third-order valence-electron chi connectivity index (χ3n) is 11.0. The van der Waals surface area contributed by atoms with Crippen molar-refractivity contribution in [2.45, 2.75) is 84.1 Å². The number of H-pyrrole nitrogens is 1. The number of aromatic hydroxyl groups is 1. The van der Waals surface area contributed by atoms with E-state index >= 15 is 0 Å². The molecule has 0 aliphatic carbocycles. The summed E-state index contributed by atoms with van der Waals surface area (Å²) in [6.45, 7) is 6.94. The molecule has 0 saturated carbocycles. The molecule has 15 nitrogen and oxygen atoms in total. The highest BCUT2D eigenvalue weighted by molar-refractivity contribution is 5.97. The number of phenols is 1. The molecular weight excluding hydrogens is 755 g/mol. The lowest BCUT2D eigenvalue weighted by Crippen LogP contribution is -2.60. The van der Waals surface area contributed by atoms with Gasteiger partial charge in [-0.3, -0.25) is 24.0 Å². The maximum absolute atomic E-state index is 14.4. The molecule has 1 aromatic heterocycles. The van der Waals surface area contributed by atoms with Gasteiger partial charge in [-0.2, -0.15) is 0 Å². The largest absolute Gasteiger partial charge is 0.508 e. The minimum absolute atomic E-state index is 0.0105. The fraction of sp³-hybridized carbons (Fsp3) is 0.409. The number of carbonyl (C=O) groups excluding carboxylic acids is 5. The average molecular weight is 810 g/mol. The lowest BCUT2D eigenvalue weighted by atomic mass is 9.93. The molecule has 1 aliphatic heterocycles. The summed E-state index contributed by atoms with van der Waals surface area (Å²) in [4.78, 5) is 86.5. The van der Waals surface area contributed by atoms with Crippen molar-refractivity contribution in [2.75, 3.05) is 13.1 Å². The number of carbonyl (C=O) groups is 6. The Bertz CT molecular complexity index is 2120. The van der Waals surface area contributed by atoms with E-state index < -0.39 is 78.1 Å². The summed E-state index contributed by atoms with van der Waals surface area (Å²) in [5.41, 5.74) is 9.52. The summed E-state index contributed by atoms with van der Waals surface area (Å²) in [5.74, 6) is -5.21. The summed E-state index contributed by atoms with van der Waals surface area (Å²) in [5, 5.41) is 31.7. The number of hydrogen-bond donors (Lipinski definition) is 8. The number of phenolic OH excluding ortho intramolecular Hbond substituents is 1. The zero-order valence-electron chi connectivity index (χ0n) is 33.9. The van der Waals surface area contributed by atoms with E-state index in [1.54, 1.807) is 49.4 Å². The normalized spacial score (nSPS) is 16.5. The van der Waals surface area contributed by atoms with Gasteiger partial charge in [0.15, 0.2) is 0 Å². The number of amides is 5. The second-order valence-electron chi connectivity index (χ2n) is 15.6. The second kappa shape index (κ2) is 20.0. The zero-order chi connectivity index (χ0) is 42.8. The summed E-state index contributed by atoms with van der Waals surface area (Å²) in [6, 6.07) is 17.9. The van der Waals surface area contributed by atoms with Crippen LogP contribution in [0.4, 0.5) is 0 Å². The van der Waals surface area contributed by atoms with Gasteiger partial charge in [-0.05, 0) is 46.7 Å². The Labute approximate surface area is 343 Å². The molecule has 314 valence electrons. The van der Waals surface area contributed by atoms with Gasteiger partial charge >= 0.3 is 5.97 Å². The molecule has 9 N–H and O–H groups in total. The summed E-state index contributed by atoms with van der Waals surface area (Å²) in [7, 11) is 0. The number of carboxylic acids is 1. The predicted molar refractivity (Wildman–Crippen MR) is 222 cm³/mol. The fourth-order valence-corrected chi connectivity index (χ4v) is 7.37. The van der Waals surface area contributed by atoms with Gasteiger partial charge < -0.3 is 47.1 Å². The molecule has 5 amide bonds.